The van der Waals surface area contributed by atoms with Gasteiger partial charge in [0.15, 0.2) is 0 Å². The Balaban J connectivity index is 0. The molecule has 0 saturated carbocycles. The van der Waals surface area contributed by atoms with Crippen molar-refractivity contribution in [3.63, 3.8) is 0 Å². The van der Waals surface area contributed by atoms with Gasteiger partial charge in [-0.3, -0.25) is 9.59 Å². The van der Waals surface area contributed by atoms with Gasteiger partial charge in [0.2, 0.25) is 0 Å². The van der Waals surface area contributed by atoms with Crippen LogP contribution >= 0.6 is 0 Å². The highest BCUT2D eigenvalue weighted by Crippen LogP contribution is 2.05. The summed E-state index contributed by atoms with van der Waals surface area (Å²) in [5.41, 5.74) is -0.150. The molecular weight excluding hydrogens is 226 g/mol. The van der Waals surface area contributed by atoms with E-state index >= 15 is 0 Å². The first kappa shape index (κ1) is 17.0. The molecule has 1 unspecified atom stereocenters. The Labute approximate surface area is 98.5 Å². The van der Waals surface area contributed by atoms with E-state index in [9.17, 15) is 14.4 Å². The summed E-state index contributed by atoms with van der Waals surface area (Å²) in [6.45, 7) is 5.46. The molecule has 1 atom stereocenters. The number of allylic oxidation sites excluding steroid dienone is 1. The van der Waals surface area contributed by atoms with E-state index in [1.165, 1.54) is 13.0 Å². The molecule has 0 aromatic heterocycles. The number of carboxylic acid groups (broad SMARTS) is 2. The molecule has 0 aromatic rings. The van der Waals surface area contributed by atoms with Crippen LogP contribution < -0.4 is 0 Å². The highest BCUT2D eigenvalue weighted by Gasteiger charge is 2.20. The fourth-order valence-electron chi connectivity index (χ4n) is 0.684. The molecule has 6 heteroatoms. The molecule has 0 heterocycles. The number of nitrogens with zero attached hydrogens (tertiary/aromatic N) is 1. The van der Waals surface area contributed by atoms with Crippen molar-refractivity contribution in [2.45, 2.75) is 13.8 Å². The third-order valence-electron chi connectivity index (χ3n) is 1.55. The van der Waals surface area contributed by atoms with Crippen LogP contribution in [0.25, 0.3) is 0 Å². The van der Waals surface area contributed by atoms with E-state index in [0.29, 0.717) is 0 Å². The lowest BCUT2D eigenvalue weighted by Gasteiger charge is -2.02. The Hall–Kier alpha value is -2.42. The number of hydrogen-bond donors (Lipinski definition) is 2. The number of nitriles is 1. The monoisotopic (exact) mass is 239 g/mol. The van der Waals surface area contributed by atoms with E-state index in [0.717, 1.165) is 13.0 Å². The number of hydrogen-bond acceptors (Lipinski definition) is 4. The summed E-state index contributed by atoms with van der Waals surface area (Å²) in [5, 5.41) is 24.4. The van der Waals surface area contributed by atoms with Crippen molar-refractivity contribution in [1.82, 2.24) is 0 Å². The second kappa shape index (κ2) is 8.85. The zero-order chi connectivity index (χ0) is 14.0. The zero-order valence-electron chi connectivity index (χ0n) is 9.51. The molecule has 0 saturated heterocycles. The molecule has 92 valence electrons. The summed E-state index contributed by atoms with van der Waals surface area (Å²) < 4.78 is 0. The van der Waals surface area contributed by atoms with Gasteiger partial charge in [-0.15, -0.1) is 0 Å². The summed E-state index contributed by atoms with van der Waals surface area (Å²) in [4.78, 5) is 31.5. The average molecular weight is 239 g/mol. The zero-order valence-corrected chi connectivity index (χ0v) is 9.51. The molecule has 6 nitrogen and oxygen atoms in total. The van der Waals surface area contributed by atoms with Gasteiger partial charge in [0.25, 0.3) is 0 Å². The summed E-state index contributed by atoms with van der Waals surface area (Å²) in [6.07, 6.45) is 2.10. The highest BCUT2D eigenvalue weighted by atomic mass is 16.4. The third-order valence-corrected chi connectivity index (χ3v) is 1.55. The summed E-state index contributed by atoms with van der Waals surface area (Å²) >= 11 is 0. The van der Waals surface area contributed by atoms with Crippen molar-refractivity contribution in [1.29, 1.82) is 5.26 Å². The lowest BCUT2D eigenvalue weighted by Crippen LogP contribution is -2.20. The number of carbonyl (C=O) groups is 3. The van der Waals surface area contributed by atoms with Crippen LogP contribution in [-0.2, 0) is 14.4 Å². The predicted octanol–water partition coefficient (Wildman–Crippen LogP) is 1.00. The second-order valence-corrected chi connectivity index (χ2v) is 2.91. The maximum atomic E-state index is 10.7. The quantitative estimate of drug-likeness (QED) is 0.429. The Morgan fingerprint density at radius 3 is 1.88 bits per heavy atom. The van der Waals surface area contributed by atoms with Crippen LogP contribution in [-0.4, -0.2) is 27.9 Å². The standard InChI is InChI=1S/C8H10O5.C3H3N/c1-4(7(10)11)3-6(5(2)9)8(12)13;1-2-3-4/h3,6H,1-2H3,(H,10,11)(H,12,13);2H,1H2. The van der Waals surface area contributed by atoms with E-state index in [4.69, 9.17) is 15.5 Å². The number of carboxylic acids is 2. The molecule has 0 fully saturated rings. The molecule has 0 aliphatic rings. The summed E-state index contributed by atoms with van der Waals surface area (Å²) in [7, 11) is 0. The van der Waals surface area contributed by atoms with Crippen LogP contribution in [0.5, 0.6) is 0 Å². The minimum absolute atomic E-state index is 0.150. The Morgan fingerprint density at radius 1 is 1.29 bits per heavy atom. The maximum Gasteiger partial charge on any atom is 0.330 e. The van der Waals surface area contributed by atoms with Crippen molar-refractivity contribution in [2.75, 3.05) is 0 Å². The van der Waals surface area contributed by atoms with Gasteiger partial charge in [-0.25, -0.2) is 4.79 Å². The molecule has 0 aromatic carbocycles. The van der Waals surface area contributed by atoms with Crippen molar-refractivity contribution in [3.8, 4) is 6.07 Å². The van der Waals surface area contributed by atoms with Crippen molar-refractivity contribution >= 4 is 17.7 Å². The van der Waals surface area contributed by atoms with Crippen LogP contribution in [0.2, 0.25) is 0 Å². The van der Waals surface area contributed by atoms with Crippen LogP contribution in [0.1, 0.15) is 13.8 Å². The van der Waals surface area contributed by atoms with E-state index in [1.54, 1.807) is 6.07 Å². The minimum Gasteiger partial charge on any atom is -0.480 e. The fourth-order valence-corrected chi connectivity index (χ4v) is 0.684. The van der Waals surface area contributed by atoms with Gasteiger partial charge in [0, 0.05) is 11.6 Å². The first-order chi connectivity index (χ1) is 7.77. The fraction of sp³-hybridized carbons (Fsp3) is 0.273. The maximum absolute atomic E-state index is 10.7. The van der Waals surface area contributed by atoms with E-state index < -0.39 is 23.6 Å². The summed E-state index contributed by atoms with van der Waals surface area (Å²) in [5.74, 6) is -4.52. The van der Waals surface area contributed by atoms with E-state index in [1.807, 2.05) is 0 Å². The molecule has 0 radical (unpaired) electrons. The molecule has 0 rings (SSSR count). The minimum atomic E-state index is -1.36. The molecular formula is C11H13NO5. The Morgan fingerprint density at radius 2 is 1.71 bits per heavy atom. The molecule has 0 spiro atoms. The predicted molar refractivity (Wildman–Crippen MR) is 59.0 cm³/mol. The van der Waals surface area contributed by atoms with E-state index in [-0.39, 0.29) is 5.57 Å². The first-order valence-corrected chi connectivity index (χ1v) is 4.43. The molecule has 0 bridgehead atoms. The second-order valence-electron chi connectivity index (χ2n) is 2.91. The first-order valence-electron chi connectivity index (χ1n) is 4.43. The Bertz CT molecular complexity index is 375. The number of Topliss-reactive ketones (excluding diaryl/α,β-unsaturated/α-hetero) is 1. The van der Waals surface area contributed by atoms with Gasteiger partial charge in [-0.05, 0) is 13.8 Å². The molecule has 0 aliphatic carbocycles. The number of carbonyl (C=O) groups excluding carboxylic acids is 1. The van der Waals surface area contributed by atoms with Crippen LogP contribution in [0.4, 0.5) is 0 Å². The van der Waals surface area contributed by atoms with Crippen LogP contribution in [0.3, 0.4) is 0 Å². The topological polar surface area (TPSA) is 115 Å². The third kappa shape index (κ3) is 8.57. The molecule has 2 N–H and O–H groups in total. The van der Waals surface area contributed by atoms with Gasteiger partial charge in [0.1, 0.15) is 11.7 Å². The summed E-state index contributed by atoms with van der Waals surface area (Å²) in [6, 6.07) is 1.69. The van der Waals surface area contributed by atoms with Crippen molar-refractivity contribution in [3.05, 3.63) is 24.3 Å². The van der Waals surface area contributed by atoms with Crippen molar-refractivity contribution < 1.29 is 24.6 Å². The smallest absolute Gasteiger partial charge is 0.330 e. The van der Waals surface area contributed by atoms with Crippen molar-refractivity contribution in [2.24, 2.45) is 5.92 Å². The van der Waals surface area contributed by atoms with Crippen LogP contribution in [0.15, 0.2) is 24.3 Å². The molecule has 17 heavy (non-hydrogen) atoms. The molecule has 0 amide bonds. The van der Waals surface area contributed by atoms with Gasteiger partial charge in [-0.1, -0.05) is 12.7 Å². The van der Waals surface area contributed by atoms with Gasteiger partial charge < -0.3 is 10.2 Å². The van der Waals surface area contributed by atoms with Gasteiger partial charge in [-0.2, -0.15) is 5.26 Å². The van der Waals surface area contributed by atoms with Crippen LogP contribution in [0, 0.1) is 17.2 Å². The average Bonchev–Trinajstić information content (AvgIpc) is 2.24. The van der Waals surface area contributed by atoms with Gasteiger partial charge >= 0.3 is 11.9 Å². The number of aliphatic carboxylic acids is 2. The normalized spacial score (nSPS) is 11.2. The lowest BCUT2D eigenvalue weighted by molar-refractivity contribution is -0.143. The van der Waals surface area contributed by atoms with E-state index in [2.05, 4.69) is 6.58 Å². The number of rotatable bonds is 4. The molecule has 0 aliphatic heterocycles. The number of ketones is 1. The van der Waals surface area contributed by atoms with Gasteiger partial charge in [0.05, 0.1) is 6.07 Å². The lowest BCUT2D eigenvalue weighted by atomic mass is 10.0. The highest BCUT2D eigenvalue weighted by molar-refractivity contribution is 6.00. The Kier molecular flexibility index (Phi) is 8.85. The largest absolute Gasteiger partial charge is 0.480 e. The SMILES string of the molecule is C=CC#N.CC(=O)C(C=C(C)C(=O)O)C(=O)O.